The number of aliphatic hydroxyl groups excluding tert-OH is 1. The number of ether oxygens (including phenoxy) is 1. The molecule has 2 atom stereocenters. The van der Waals surface area contributed by atoms with E-state index in [0.717, 1.165) is 25.9 Å². The predicted molar refractivity (Wildman–Crippen MR) is 65.4 cm³/mol. The molecule has 2 fully saturated rings. The molecule has 2 nitrogen and oxygen atoms in total. The van der Waals surface area contributed by atoms with E-state index < -0.39 is 0 Å². The molecule has 0 bridgehead atoms. The van der Waals surface area contributed by atoms with Crippen molar-refractivity contribution in [3.05, 3.63) is 0 Å². The van der Waals surface area contributed by atoms with Crippen molar-refractivity contribution in [3.63, 3.8) is 0 Å². The maximum Gasteiger partial charge on any atom is 0.0597 e. The van der Waals surface area contributed by atoms with Crippen molar-refractivity contribution < 1.29 is 9.84 Å². The lowest BCUT2D eigenvalue weighted by Gasteiger charge is -2.33. The summed E-state index contributed by atoms with van der Waals surface area (Å²) in [7, 11) is 0. The first kappa shape index (κ1) is 12.4. The molecule has 1 saturated heterocycles. The van der Waals surface area contributed by atoms with Crippen LogP contribution in [0, 0.1) is 5.41 Å². The molecule has 1 heterocycles. The van der Waals surface area contributed by atoms with Gasteiger partial charge in [-0.2, -0.15) is 0 Å². The standard InChI is InChI=1S/C14H26O2/c1-2-14(9-3-4-10-14)13(15)8-7-12-6-5-11-16-12/h12-13,15H,2-11H2,1H3. The average molecular weight is 226 g/mol. The molecule has 94 valence electrons. The third kappa shape index (κ3) is 2.60. The van der Waals surface area contributed by atoms with E-state index in [-0.39, 0.29) is 11.5 Å². The molecule has 16 heavy (non-hydrogen) atoms. The van der Waals surface area contributed by atoms with E-state index in [2.05, 4.69) is 6.92 Å². The SMILES string of the molecule is CCC1(C(O)CCC2CCCO2)CCCC1. The number of hydrogen-bond acceptors (Lipinski definition) is 2. The summed E-state index contributed by atoms with van der Waals surface area (Å²) in [5.41, 5.74) is 0.249. The van der Waals surface area contributed by atoms with Gasteiger partial charge in [-0.1, -0.05) is 19.8 Å². The third-order valence-corrected chi connectivity index (χ3v) is 4.80. The average Bonchev–Trinajstić information content (AvgIpc) is 2.97. The molecule has 2 rings (SSSR count). The second kappa shape index (κ2) is 5.50. The fourth-order valence-electron chi connectivity index (χ4n) is 3.52. The highest BCUT2D eigenvalue weighted by molar-refractivity contribution is 4.90. The van der Waals surface area contributed by atoms with Crippen LogP contribution in [0.1, 0.15) is 64.7 Å². The summed E-state index contributed by atoms with van der Waals surface area (Å²) in [5, 5.41) is 10.4. The Bertz CT molecular complexity index is 203. The van der Waals surface area contributed by atoms with Crippen molar-refractivity contribution in [2.24, 2.45) is 5.41 Å². The van der Waals surface area contributed by atoms with E-state index in [1.807, 2.05) is 0 Å². The second-order valence-electron chi connectivity index (χ2n) is 5.65. The molecule has 1 N–H and O–H groups in total. The van der Waals surface area contributed by atoms with E-state index in [0.29, 0.717) is 6.10 Å². The van der Waals surface area contributed by atoms with Crippen LogP contribution in [-0.2, 0) is 4.74 Å². The smallest absolute Gasteiger partial charge is 0.0597 e. The summed E-state index contributed by atoms with van der Waals surface area (Å²) in [6.45, 7) is 3.17. The lowest BCUT2D eigenvalue weighted by molar-refractivity contribution is 0.00426. The quantitative estimate of drug-likeness (QED) is 0.779. The van der Waals surface area contributed by atoms with E-state index >= 15 is 0 Å². The Morgan fingerprint density at radius 1 is 1.31 bits per heavy atom. The van der Waals surface area contributed by atoms with Gasteiger partial charge in [0.25, 0.3) is 0 Å². The summed E-state index contributed by atoms with van der Waals surface area (Å²) in [6.07, 6.45) is 11.0. The molecule has 0 spiro atoms. The molecule has 2 aliphatic rings. The van der Waals surface area contributed by atoms with E-state index in [9.17, 15) is 5.11 Å². The zero-order valence-electron chi connectivity index (χ0n) is 10.6. The van der Waals surface area contributed by atoms with Crippen LogP contribution in [0.4, 0.5) is 0 Å². The molecule has 0 amide bonds. The van der Waals surface area contributed by atoms with Crippen LogP contribution < -0.4 is 0 Å². The zero-order chi connectivity index (χ0) is 11.4. The summed E-state index contributed by atoms with van der Waals surface area (Å²) in [5.74, 6) is 0. The van der Waals surface area contributed by atoms with Crippen molar-refractivity contribution >= 4 is 0 Å². The molecule has 1 aliphatic heterocycles. The predicted octanol–water partition coefficient (Wildman–Crippen LogP) is 3.28. The Balaban J connectivity index is 1.78. The van der Waals surface area contributed by atoms with Crippen LogP contribution in [0.5, 0.6) is 0 Å². The van der Waals surface area contributed by atoms with Gasteiger partial charge in [-0.05, 0) is 50.4 Å². The molecule has 1 aliphatic carbocycles. The minimum atomic E-state index is -0.0933. The van der Waals surface area contributed by atoms with E-state index in [4.69, 9.17) is 4.74 Å². The summed E-state index contributed by atoms with van der Waals surface area (Å²) in [4.78, 5) is 0. The molecule has 2 unspecified atom stereocenters. The first-order valence-corrected chi connectivity index (χ1v) is 7.06. The van der Waals surface area contributed by atoms with Crippen molar-refractivity contribution in [2.75, 3.05) is 6.61 Å². The van der Waals surface area contributed by atoms with Gasteiger partial charge in [-0.15, -0.1) is 0 Å². The Morgan fingerprint density at radius 2 is 2.06 bits per heavy atom. The van der Waals surface area contributed by atoms with Gasteiger partial charge in [-0.25, -0.2) is 0 Å². The molecule has 0 aromatic rings. The van der Waals surface area contributed by atoms with Crippen LogP contribution in [-0.4, -0.2) is 23.9 Å². The van der Waals surface area contributed by atoms with Crippen molar-refractivity contribution in [2.45, 2.75) is 76.9 Å². The summed E-state index contributed by atoms with van der Waals surface area (Å²) >= 11 is 0. The van der Waals surface area contributed by atoms with Crippen molar-refractivity contribution in [3.8, 4) is 0 Å². The van der Waals surface area contributed by atoms with Gasteiger partial charge < -0.3 is 9.84 Å². The highest BCUT2D eigenvalue weighted by atomic mass is 16.5. The molecular formula is C14H26O2. The van der Waals surface area contributed by atoms with Crippen molar-refractivity contribution in [1.82, 2.24) is 0 Å². The second-order valence-corrected chi connectivity index (χ2v) is 5.65. The Hall–Kier alpha value is -0.0800. The largest absolute Gasteiger partial charge is 0.393 e. The van der Waals surface area contributed by atoms with Gasteiger partial charge >= 0.3 is 0 Å². The molecule has 2 heteroatoms. The molecule has 0 radical (unpaired) electrons. The van der Waals surface area contributed by atoms with Crippen LogP contribution in [0.2, 0.25) is 0 Å². The summed E-state index contributed by atoms with van der Waals surface area (Å²) in [6, 6.07) is 0. The molecule has 1 saturated carbocycles. The Morgan fingerprint density at radius 3 is 2.62 bits per heavy atom. The number of aliphatic hydroxyl groups is 1. The topological polar surface area (TPSA) is 29.5 Å². The van der Waals surface area contributed by atoms with Crippen LogP contribution in [0.15, 0.2) is 0 Å². The summed E-state index contributed by atoms with van der Waals surface area (Å²) < 4.78 is 5.62. The number of hydrogen-bond donors (Lipinski definition) is 1. The Labute approximate surface area is 99.4 Å². The number of rotatable bonds is 5. The van der Waals surface area contributed by atoms with Gasteiger partial charge in [0.05, 0.1) is 12.2 Å². The van der Waals surface area contributed by atoms with Gasteiger partial charge in [0, 0.05) is 6.61 Å². The maximum atomic E-state index is 10.4. The van der Waals surface area contributed by atoms with Gasteiger partial charge in [0.2, 0.25) is 0 Å². The minimum absolute atomic E-state index is 0.0933. The Kier molecular flexibility index (Phi) is 4.26. The molecular weight excluding hydrogens is 200 g/mol. The molecule has 0 aromatic heterocycles. The molecule has 0 aromatic carbocycles. The minimum Gasteiger partial charge on any atom is -0.393 e. The van der Waals surface area contributed by atoms with Gasteiger partial charge in [0.15, 0.2) is 0 Å². The van der Waals surface area contributed by atoms with E-state index in [1.165, 1.54) is 38.5 Å². The zero-order valence-corrected chi connectivity index (χ0v) is 10.6. The normalized spacial score (nSPS) is 30.8. The van der Waals surface area contributed by atoms with Crippen molar-refractivity contribution in [1.29, 1.82) is 0 Å². The third-order valence-electron chi connectivity index (χ3n) is 4.80. The van der Waals surface area contributed by atoms with Crippen LogP contribution in [0.3, 0.4) is 0 Å². The maximum absolute atomic E-state index is 10.4. The highest BCUT2D eigenvalue weighted by Crippen LogP contribution is 2.45. The highest BCUT2D eigenvalue weighted by Gasteiger charge is 2.38. The van der Waals surface area contributed by atoms with Crippen LogP contribution in [0.25, 0.3) is 0 Å². The first-order chi connectivity index (χ1) is 7.77. The van der Waals surface area contributed by atoms with E-state index in [1.54, 1.807) is 0 Å². The fraction of sp³-hybridized carbons (Fsp3) is 1.00. The van der Waals surface area contributed by atoms with Gasteiger partial charge in [0.1, 0.15) is 0 Å². The monoisotopic (exact) mass is 226 g/mol. The van der Waals surface area contributed by atoms with Crippen LogP contribution >= 0.6 is 0 Å². The van der Waals surface area contributed by atoms with Gasteiger partial charge in [-0.3, -0.25) is 0 Å². The first-order valence-electron chi connectivity index (χ1n) is 7.06. The lowest BCUT2D eigenvalue weighted by Crippen LogP contribution is -2.32. The fourth-order valence-corrected chi connectivity index (χ4v) is 3.52. The lowest BCUT2D eigenvalue weighted by atomic mass is 9.76.